The molecule has 690 valence electrons. The summed E-state index contributed by atoms with van der Waals surface area (Å²) in [4.78, 5) is 0. The van der Waals surface area contributed by atoms with Crippen molar-refractivity contribution in [1.82, 2.24) is 22.8 Å². The van der Waals surface area contributed by atoms with Crippen molar-refractivity contribution in [1.29, 1.82) is 52.6 Å². The van der Waals surface area contributed by atoms with Crippen LogP contribution in [0.3, 0.4) is 0 Å². The van der Waals surface area contributed by atoms with E-state index in [0.29, 0.717) is 55.6 Å². The maximum absolute atomic E-state index is 9.41. The third-order valence-electron chi connectivity index (χ3n) is 28.2. The van der Waals surface area contributed by atoms with E-state index in [4.69, 9.17) is 13.3 Å². The van der Waals surface area contributed by atoms with Gasteiger partial charge in [0.1, 0.15) is 27.9 Å². The standard InChI is InChI=1S/3C26H13N3O.2C26H13N3S/c27-14-16-8-10-22-20(12-16)21-13-17(15-28)9-11-23(21)29(22)24-6-3-5-19-18-4-1-2-7-25(18)30-26(19)24;27-14-16-8-10-21-19(12-16)20-13-17(15-28)9-11-22(20)29(21)23-5-3-7-25-26(23)18-4-1-2-6-24(18)30-25;27-14-16-5-9-23-21(11-16)22-12-17(15-28)6-10-24(22)29(23)18-7-8-20-19-3-1-2-4-25(19)30-26(20)13-18;27-14-16-8-10-22-20(12-16)21-13-17(15-28)9-11-23(21)29(22)24-6-3-5-19-18-4-1-2-7-25(18)30-26(19)24;27-14-16-5-8-23-20(11-16)21-12-17(15-28)6-9-24(21)29(23)18-7-10-26-22(13-18)19-3-1-2-4-25(19)30-26/h5*1-13H. The van der Waals surface area contributed by atoms with Crippen molar-refractivity contribution in [3.63, 3.8) is 0 Å². The molecule has 0 bridgehead atoms. The van der Waals surface area contributed by atoms with Gasteiger partial charge in [-0.05, 0) is 267 Å². The summed E-state index contributed by atoms with van der Waals surface area (Å²) >= 11 is 3.60. The maximum Gasteiger partial charge on any atom is 0.159 e. The highest BCUT2D eigenvalue weighted by molar-refractivity contribution is 7.26. The molecule has 0 N–H and O–H groups in total. The van der Waals surface area contributed by atoms with Crippen LogP contribution in [0.25, 0.3) is 244 Å². The lowest BCUT2D eigenvalue weighted by atomic mass is 10.1. The Morgan fingerprint density at radius 2 is 0.440 bits per heavy atom. The van der Waals surface area contributed by atoms with Crippen LogP contribution in [-0.4, -0.2) is 22.8 Å². The third kappa shape index (κ3) is 14.3. The van der Waals surface area contributed by atoms with Crippen LogP contribution in [-0.2, 0) is 0 Å². The van der Waals surface area contributed by atoms with E-state index in [9.17, 15) is 52.6 Å². The van der Waals surface area contributed by atoms with Crippen LogP contribution in [0.5, 0.6) is 0 Å². The largest absolute Gasteiger partial charge is 0.456 e. The zero-order chi connectivity index (χ0) is 101. The minimum absolute atomic E-state index is 0.589. The number of hydrogen-bond donors (Lipinski definition) is 0. The zero-order valence-corrected chi connectivity index (χ0v) is 80.4. The molecule has 0 saturated carbocycles. The van der Waals surface area contributed by atoms with Gasteiger partial charge in [0.05, 0.1) is 199 Å². The highest BCUT2D eigenvalue weighted by atomic mass is 32.1. The first-order chi connectivity index (χ1) is 73.9. The first kappa shape index (κ1) is 88.3. The summed E-state index contributed by atoms with van der Waals surface area (Å²) in [5.74, 6) is 0. The zero-order valence-electron chi connectivity index (χ0n) is 78.8. The average Bonchev–Trinajstić information content (AvgIpc) is 1.58. The van der Waals surface area contributed by atoms with Crippen LogP contribution >= 0.6 is 22.7 Å². The van der Waals surface area contributed by atoms with Crippen molar-refractivity contribution in [2.75, 3.05) is 0 Å². The van der Waals surface area contributed by atoms with E-state index in [2.05, 4.69) is 211 Å². The maximum atomic E-state index is 9.41. The SMILES string of the molecule is N#Cc1ccc2c(c1)c1cc(C#N)ccc1n2-c1ccc2c(c1)oc1ccccc12.N#Cc1ccc2c(c1)c1cc(C#N)ccc1n2-c1ccc2sc3ccccc3c2c1.N#Cc1ccc2c(c1)c1cc(C#N)ccc1n2-c1cccc2c1oc1ccccc12.N#Cc1ccc2c(c1)c1cc(C#N)ccc1n2-c1cccc2c1sc1ccccc12.N#Cc1ccc2c(c1)c1cc(C#N)ccc1n2-c1cccc2oc3ccccc3c12. The van der Waals surface area contributed by atoms with Gasteiger partial charge in [0.2, 0.25) is 0 Å². The lowest BCUT2D eigenvalue weighted by Crippen LogP contribution is -1.94. The van der Waals surface area contributed by atoms with E-state index in [1.807, 2.05) is 267 Å². The van der Waals surface area contributed by atoms with Gasteiger partial charge in [-0.15, -0.1) is 22.7 Å². The summed E-state index contributed by atoms with van der Waals surface area (Å²) in [5.41, 5.74) is 26.1. The molecular formula is C130H65N15O3S2. The van der Waals surface area contributed by atoms with Gasteiger partial charge in [-0.2, -0.15) is 52.6 Å². The Labute approximate surface area is 859 Å². The lowest BCUT2D eigenvalue weighted by Gasteiger charge is -2.09. The second kappa shape index (κ2) is 35.7. The van der Waals surface area contributed by atoms with Crippen LogP contribution in [0, 0.1) is 113 Å². The molecule has 150 heavy (non-hydrogen) atoms. The molecule has 0 radical (unpaired) electrons. The van der Waals surface area contributed by atoms with Crippen molar-refractivity contribution in [2.24, 2.45) is 0 Å². The fourth-order valence-electron chi connectivity index (χ4n) is 21.6. The highest BCUT2D eigenvalue weighted by Crippen LogP contribution is 2.48. The Bertz CT molecular complexity index is 11000. The summed E-state index contributed by atoms with van der Waals surface area (Å²) in [6.45, 7) is 0. The van der Waals surface area contributed by atoms with E-state index >= 15 is 0 Å². The topological polar surface area (TPSA) is 302 Å². The van der Waals surface area contributed by atoms with Crippen molar-refractivity contribution in [3.8, 4) is 89.1 Å². The molecule has 0 aliphatic carbocycles. The van der Waals surface area contributed by atoms with E-state index in [-0.39, 0.29) is 0 Å². The highest BCUT2D eigenvalue weighted by Gasteiger charge is 2.26. The van der Waals surface area contributed by atoms with Gasteiger partial charge in [0.15, 0.2) is 5.58 Å². The Morgan fingerprint density at radius 3 is 0.860 bits per heavy atom. The van der Waals surface area contributed by atoms with E-state index in [1.165, 1.54) is 40.3 Å². The Balaban J connectivity index is 0.0000000945. The first-order valence-corrected chi connectivity index (χ1v) is 49.5. The van der Waals surface area contributed by atoms with Gasteiger partial charge in [0, 0.05) is 134 Å². The van der Waals surface area contributed by atoms with Crippen molar-refractivity contribution in [2.45, 2.75) is 0 Å². The molecule has 0 saturated heterocycles. The van der Waals surface area contributed by atoms with Gasteiger partial charge < -0.3 is 36.1 Å². The summed E-state index contributed by atoms with van der Waals surface area (Å²) < 4.78 is 34.5. The number of aromatic nitrogens is 5. The summed E-state index contributed by atoms with van der Waals surface area (Å²) in [5, 5.41) is 115. The molecule has 0 aliphatic heterocycles. The third-order valence-corrected chi connectivity index (χ3v) is 30.6. The second-order valence-corrected chi connectivity index (χ2v) is 38.6. The monoisotopic (exact) mass is 1950 g/mol. The van der Waals surface area contributed by atoms with Crippen molar-refractivity contribution in [3.05, 3.63) is 450 Å². The van der Waals surface area contributed by atoms with E-state index < -0.39 is 0 Å². The normalized spacial score (nSPS) is 11.3. The molecule has 20 heteroatoms. The number of rotatable bonds is 5. The molecule has 18 nitrogen and oxygen atoms in total. The molecule has 10 aromatic heterocycles. The second-order valence-electron chi connectivity index (χ2n) is 36.4. The van der Waals surface area contributed by atoms with E-state index in [0.717, 1.165) is 203 Å². The molecule has 0 spiro atoms. The summed E-state index contributed by atoms with van der Waals surface area (Å²) in [6.07, 6.45) is 0. The average molecular weight is 1950 g/mol. The van der Waals surface area contributed by atoms with Gasteiger partial charge in [-0.3, -0.25) is 0 Å². The van der Waals surface area contributed by atoms with Crippen molar-refractivity contribution >= 4 is 238 Å². The fraction of sp³-hybridized carbons (Fsp3) is 0. The Kier molecular flexibility index (Phi) is 21.0. The number of fused-ring (bicyclic) bond motifs is 30. The molecule has 30 aromatic rings. The predicted molar refractivity (Wildman–Crippen MR) is 599 cm³/mol. The molecule has 0 unspecified atom stereocenters. The number of nitrogens with zero attached hydrogens (tertiary/aromatic N) is 15. The first-order valence-electron chi connectivity index (χ1n) is 47.9. The molecule has 0 atom stereocenters. The van der Waals surface area contributed by atoms with Gasteiger partial charge >= 0.3 is 0 Å². The molecule has 0 fully saturated rings. The lowest BCUT2D eigenvalue weighted by molar-refractivity contribution is 0.666. The Morgan fingerprint density at radius 1 is 0.167 bits per heavy atom. The fourth-order valence-corrected chi connectivity index (χ4v) is 23.9. The van der Waals surface area contributed by atoms with Gasteiger partial charge in [-0.25, -0.2) is 0 Å². The molecule has 0 amide bonds. The molecule has 10 heterocycles. The summed E-state index contributed by atoms with van der Waals surface area (Å²) in [6, 6.07) is 152. The van der Waals surface area contributed by atoms with Crippen LogP contribution < -0.4 is 0 Å². The number of hydrogen-bond acceptors (Lipinski definition) is 15. The number of nitriles is 10. The minimum Gasteiger partial charge on any atom is -0.456 e. The number of thiophene rings is 2. The van der Waals surface area contributed by atoms with E-state index in [1.54, 1.807) is 22.7 Å². The van der Waals surface area contributed by atoms with Gasteiger partial charge in [0.25, 0.3) is 0 Å². The van der Waals surface area contributed by atoms with Crippen LogP contribution in [0.15, 0.2) is 408 Å². The molecular weight excluding hydrogens is 1880 g/mol. The smallest absolute Gasteiger partial charge is 0.159 e. The molecule has 30 rings (SSSR count). The number of benzene rings is 20. The number of para-hydroxylation sites is 4. The van der Waals surface area contributed by atoms with Crippen molar-refractivity contribution < 1.29 is 13.3 Å². The predicted octanol–water partition coefficient (Wildman–Crippen LogP) is 33.1. The minimum atomic E-state index is 0.589. The number of furan rings is 3. The van der Waals surface area contributed by atoms with Gasteiger partial charge in [-0.1, -0.05) is 121 Å². The molecule has 20 aromatic carbocycles. The van der Waals surface area contributed by atoms with Crippen LogP contribution in [0.4, 0.5) is 0 Å². The summed E-state index contributed by atoms with van der Waals surface area (Å²) in [7, 11) is 0. The van der Waals surface area contributed by atoms with Crippen LogP contribution in [0.1, 0.15) is 55.6 Å². The quantitative estimate of drug-likeness (QED) is 0.155. The van der Waals surface area contributed by atoms with Crippen LogP contribution in [0.2, 0.25) is 0 Å². The molecule has 0 aliphatic rings. The Hall–Kier alpha value is -21.9.